The number of benzene rings is 3. The van der Waals surface area contributed by atoms with E-state index in [2.05, 4.69) is 5.10 Å². The summed E-state index contributed by atoms with van der Waals surface area (Å²) < 4.78 is 46.4. The zero-order chi connectivity index (χ0) is 27.6. The van der Waals surface area contributed by atoms with Crippen LogP contribution >= 0.6 is 11.6 Å². The first-order valence-electron chi connectivity index (χ1n) is 11.7. The summed E-state index contributed by atoms with van der Waals surface area (Å²) in [6, 6.07) is 17.6. The van der Waals surface area contributed by atoms with Crippen LogP contribution in [0.25, 0.3) is 11.1 Å². The summed E-state index contributed by atoms with van der Waals surface area (Å²) in [6.45, 7) is 1.71. The van der Waals surface area contributed by atoms with Gasteiger partial charge < -0.3 is 10.5 Å². The summed E-state index contributed by atoms with van der Waals surface area (Å²) in [7, 11) is -2.26. The average Bonchev–Trinajstić information content (AvgIpc) is 2.88. The Morgan fingerprint density at radius 3 is 2.42 bits per heavy atom. The van der Waals surface area contributed by atoms with E-state index in [1.54, 1.807) is 25.1 Å². The lowest BCUT2D eigenvalue weighted by molar-refractivity contribution is 0.415. The van der Waals surface area contributed by atoms with Crippen LogP contribution in [0.1, 0.15) is 28.4 Å². The molecule has 0 radical (unpaired) electrons. The summed E-state index contributed by atoms with van der Waals surface area (Å²) in [6.07, 6.45) is 0.850. The lowest BCUT2D eigenvalue weighted by Gasteiger charge is -2.19. The van der Waals surface area contributed by atoms with Crippen LogP contribution in [0.4, 0.5) is 4.39 Å². The topological polar surface area (TPSA) is 104 Å². The number of hydrogen-bond donors (Lipinski definition) is 1. The van der Waals surface area contributed by atoms with Crippen LogP contribution in [0.15, 0.2) is 76.4 Å². The second-order valence-electron chi connectivity index (χ2n) is 8.94. The van der Waals surface area contributed by atoms with Crippen LogP contribution in [0, 0.1) is 12.7 Å². The Balaban J connectivity index is 1.95. The fourth-order valence-electron chi connectivity index (χ4n) is 4.39. The first-order chi connectivity index (χ1) is 18.0. The minimum atomic E-state index is -3.73. The Hall–Kier alpha value is -3.53. The van der Waals surface area contributed by atoms with Crippen molar-refractivity contribution in [2.75, 3.05) is 13.4 Å². The fraction of sp³-hybridized carbons (Fsp3) is 0.214. The monoisotopic (exact) mass is 555 g/mol. The molecule has 3 aromatic carbocycles. The second-order valence-corrected chi connectivity index (χ2v) is 11.3. The second kappa shape index (κ2) is 11.1. The molecule has 0 spiro atoms. The highest BCUT2D eigenvalue weighted by molar-refractivity contribution is 7.90. The van der Waals surface area contributed by atoms with E-state index in [0.29, 0.717) is 22.6 Å². The van der Waals surface area contributed by atoms with Gasteiger partial charge in [-0.15, -0.1) is 0 Å². The summed E-state index contributed by atoms with van der Waals surface area (Å²) >= 11 is 6.61. The Kier molecular flexibility index (Phi) is 8.01. The Morgan fingerprint density at radius 1 is 1.08 bits per heavy atom. The van der Waals surface area contributed by atoms with Crippen molar-refractivity contribution in [1.82, 2.24) is 9.78 Å². The zero-order valence-corrected chi connectivity index (χ0v) is 22.7. The van der Waals surface area contributed by atoms with Crippen molar-refractivity contribution in [2.45, 2.75) is 30.8 Å². The van der Waals surface area contributed by atoms with Crippen molar-refractivity contribution >= 4 is 21.4 Å². The highest BCUT2D eigenvalue weighted by Gasteiger charge is 2.24. The molecule has 1 unspecified atom stereocenters. The molecule has 4 rings (SSSR count). The standard InChI is InChI=1S/C28H27ClFN3O4S/c1-17-23(15-20-21(30)12-8-14-25(20)38(3,35)36)32-33(16-22(31)18-9-5-4-6-10-18)28(34)26(17)19-11-7-13-24(37-2)27(19)29/h4-14,22H,15-16,31H2,1-3H3. The van der Waals surface area contributed by atoms with E-state index < -0.39 is 27.3 Å². The van der Waals surface area contributed by atoms with Crippen molar-refractivity contribution < 1.29 is 17.5 Å². The van der Waals surface area contributed by atoms with Gasteiger partial charge in [0.1, 0.15) is 11.6 Å². The molecule has 0 aliphatic heterocycles. The summed E-state index contributed by atoms with van der Waals surface area (Å²) in [5.41, 5.74) is 8.16. The van der Waals surface area contributed by atoms with Crippen LogP contribution in [0.3, 0.4) is 0 Å². The minimum absolute atomic E-state index is 0.0287. The molecular formula is C28H27ClFN3O4S. The minimum Gasteiger partial charge on any atom is -0.495 e. The molecule has 7 nitrogen and oxygen atoms in total. The van der Waals surface area contributed by atoms with Gasteiger partial charge in [-0.2, -0.15) is 5.10 Å². The molecule has 1 atom stereocenters. The van der Waals surface area contributed by atoms with E-state index in [1.807, 2.05) is 30.3 Å². The maximum absolute atomic E-state index is 15.0. The average molecular weight is 556 g/mol. The first kappa shape index (κ1) is 27.5. The molecule has 198 valence electrons. The molecule has 2 N–H and O–H groups in total. The van der Waals surface area contributed by atoms with Crippen LogP contribution < -0.4 is 16.0 Å². The number of halogens is 2. The van der Waals surface area contributed by atoms with Gasteiger partial charge in [0.2, 0.25) is 0 Å². The van der Waals surface area contributed by atoms with Gasteiger partial charge >= 0.3 is 0 Å². The van der Waals surface area contributed by atoms with Crippen molar-refractivity contribution in [2.24, 2.45) is 5.73 Å². The molecule has 0 saturated carbocycles. The molecule has 4 aromatic rings. The van der Waals surface area contributed by atoms with Gasteiger partial charge in [0.05, 0.1) is 34.8 Å². The van der Waals surface area contributed by atoms with Crippen LogP contribution in [0.5, 0.6) is 5.75 Å². The van der Waals surface area contributed by atoms with Gasteiger partial charge in [-0.25, -0.2) is 17.5 Å². The highest BCUT2D eigenvalue weighted by Crippen LogP contribution is 2.36. The molecule has 0 aliphatic rings. The van der Waals surface area contributed by atoms with Gasteiger partial charge in [-0.3, -0.25) is 4.79 Å². The highest BCUT2D eigenvalue weighted by atomic mass is 35.5. The molecule has 0 amide bonds. The third-order valence-corrected chi connectivity index (χ3v) is 7.94. The Labute approximate surface area is 225 Å². The molecule has 1 heterocycles. The quantitative estimate of drug-likeness (QED) is 0.337. The lowest BCUT2D eigenvalue weighted by Crippen LogP contribution is -2.32. The summed E-state index contributed by atoms with van der Waals surface area (Å²) in [5, 5.41) is 4.77. The molecule has 10 heteroatoms. The van der Waals surface area contributed by atoms with Gasteiger partial charge in [0.25, 0.3) is 5.56 Å². The number of sulfone groups is 1. The SMILES string of the molecule is COc1cccc(-c2c(C)c(Cc3c(F)cccc3S(C)(=O)=O)nn(CC(N)c3ccccc3)c2=O)c1Cl. The molecule has 0 saturated heterocycles. The van der Waals surface area contributed by atoms with E-state index in [1.165, 1.54) is 30.0 Å². The number of nitrogens with two attached hydrogens (primary N) is 1. The molecule has 38 heavy (non-hydrogen) atoms. The zero-order valence-electron chi connectivity index (χ0n) is 21.1. The van der Waals surface area contributed by atoms with Crippen LogP contribution in [-0.2, 0) is 22.8 Å². The van der Waals surface area contributed by atoms with Crippen molar-refractivity contribution in [3.05, 3.63) is 110 Å². The molecule has 0 aliphatic carbocycles. The Bertz CT molecular complexity index is 1660. The van der Waals surface area contributed by atoms with Crippen LogP contribution in [-0.4, -0.2) is 31.6 Å². The smallest absolute Gasteiger partial charge is 0.275 e. The predicted octanol–water partition coefficient (Wildman–Crippen LogP) is 4.71. The van der Waals surface area contributed by atoms with Crippen molar-refractivity contribution in [3.8, 4) is 16.9 Å². The van der Waals surface area contributed by atoms with E-state index >= 15 is 0 Å². The number of hydrogen-bond acceptors (Lipinski definition) is 6. The van der Waals surface area contributed by atoms with Gasteiger partial charge in [0, 0.05) is 29.8 Å². The number of ether oxygens (including phenoxy) is 1. The predicted molar refractivity (Wildman–Crippen MR) is 146 cm³/mol. The largest absolute Gasteiger partial charge is 0.495 e. The molecular weight excluding hydrogens is 529 g/mol. The molecule has 0 bridgehead atoms. The maximum Gasteiger partial charge on any atom is 0.275 e. The number of rotatable bonds is 8. The number of methoxy groups -OCH3 is 1. The van der Waals surface area contributed by atoms with E-state index in [0.717, 1.165) is 11.8 Å². The third-order valence-electron chi connectivity index (χ3n) is 6.37. The fourth-order valence-corrected chi connectivity index (χ4v) is 5.63. The van der Waals surface area contributed by atoms with E-state index in [-0.39, 0.29) is 34.0 Å². The number of aromatic nitrogens is 2. The van der Waals surface area contributed by atoms with Gasteiger partial charge in [0.15, 0.2) is 9.84 Å². The van der Waals surface area contributed by atoms with E-state index in [4.69, 9.17) is 22.1 Å². The first-order valence-corrected chi connectivity index (χ1v) is 14.0. The molecule has 1 aromatic heterocycles. The Morgan fingerprint density at radius 2 is 1.76 bits per heavy atom. The van der Waals surface area contributed by atoms with Crippen molar-refractivity contribution in [3.63, 3.8) is 0 Å². The summed E-state index contributed by atoms with van der Waals surface area (Å²) in [4.78, 5) is 13.6. The number of nitrogens with zero attached hydrogens (tertiary/aromatic N) is 2. The van der Waals surface area contributed by atoms with Gasteiger partial charge in [-0.05, 0) is 36.2 Å². The normalized spacial score (nSPS) is 12.4. The maximum atomic E-state index is 15.0. The van der Waals surface area contributed by atoms with Crippen LogP contribution in [0.2, 0.25) is 5.02 Å². The lowest BCUT2D eigenvalue weighted by atomic mass is 9.97. The van der Waals surface area contributed by atoms with E-state index in [9.17, 15) is 17.6 Å². The third kappa shape index (κ3) is 5.50. The molecule has 0 fully saturated rings. The van der Waals surface area contributed by atoms with Crippen molar-refractivity contribution in [1.29, 1.82) is 0 Å². The van der Waals surface area contributed by atoms with Gasteiger partial charge in [-0.1, -0.05) is 60.1 Å². The summed E-state index contributed by atoms with van der Waals surface area (Å²) in [5.74, 6) is -0.309.